The van der Waals surface area contributed by atoms with Crippen molar-refractivity contribution < 1.29 is 4.74 Å². The van der Waals surface area contributed by atoms with E-state index in [0.29, 0.717) is 6.04 Å². The van der Waals surface area contributed by atoms with Gasteiger partial charge in [-0.25, -0.2) is 0 Å². The third kappa shape index (κ3) is 3.74. The molecule has 0 aromatic carbocycles. The molecular formula is C14H27NO. The lowest BCUT2D eigenvalue weighted by molar-refractivity contribution is 0.0558. The highest BCUT2D eigenvalue weighted by Gasteiger charge is 2.20. The lowest BCUT2D eigenvalue weighted by atomic mass is 9.92. The second-order valence-electron chi connectivity index (χ2n) is 5.63. The van der Waals surface area contributed by atoms with E-state index in [-0.39, 0.29) is 0 Å². The fraction of sp³-hybridized carbons (Fsp3) is 1.00. The molecule has 1 N–H and O–H groups in total. The fourth-order valence-corrected chi connectivity index (χ4v) is 3.20. The van der Waals surface area contributed by atoms with E-state index in [0.717, 1.165) is 25.0 Å². The summed E-state index contributed by atoms with van der Waals surface area (Å²) in [5.41, 5.74) is 0. The van der Waals surface area contributed by atoms with Crippen LogP contribution in [0, 0.1) is 11.8 Å². The Morgan fingerprint density at radius 2 is 1.81 bits per heavy atom. The van der Waals surface area contributed by atoms with Gasteiger partial charge in [0, 0.05) is 19.3 Å². The topological polar surface area (TPSA) is 21.3 Å². The lowest BCUT2D eigenvalue weighted by Gasteiger charge is -2.28. The molecule has 1 saturated heterocycles. The highest BCUT2D eigenvalue weighted by atomic mass is 16.5. The molecular weight excluding hydrogens is 198 g/mol. The van der Waals surface area contributed by atoms with E-state index in [1.807, 2.05) is 0 Å². The van der Waals surface area contributed by atoms with Crippen molar-refractivity contribution in [2.45, 2.75) is 57.9 Å². The van der Waals surface area contributed by atoms with Gasteiger partial charge in [-0.2, -0.15) is 0 Å². The van der Waals surface area contributed by atoms with Crippen LogP contribution in [0.25, 0.3) is 0 Å². The minimum absolute atomic E-state index is 0.685. The zero-order valence-electron chi connectivity index (χ0n) is 10.7. The van der Waals surface area contributed by atoms with Crippen molar-refractivity contribution >= 4 is 0 Å². The predicted octanol–water partition coefficient (Wildman–Crippen LogP) is 2.97. The van der Waals surface area contributed by atoms with Crippen LogP contribution >= 0.6 is 0 Å². The molecule has 0 aromatic rings. The average Bonchev–Trinajstić information content (AvgIpc) is 2.83. The Hall–Kier alpha value is -0.0800. The van der Waals surface area contributed by atoms with Crippen LogP contribution in [-0.2, 0) is 4.74 Å². The summed E-state index contributed by atoms with van der Waals surface area (Å²) in [6.07, 6.45) is 9.80. The molecule has 1 atom stereocenters. The van der Waals surface area contributed by atoms with Crippen molar-refractivity contribution in [3.63, 3.8) is 0 Å². The van der Waals surface area contributed by atoms with Gasteiger partial charge in [-0.1, -0.05) is 25.7 Å². The van der Waals surface area contributed by atoms with Crippen molar-refractivity contribution in [3.05, 3.63) is 0 Å². The van der Waals surface area contributed by atoms with Crippen LogP contribution < -0.4 is 5.32 Å². The van der Waals surface area contributed by atoms with Gasteiger partial charge in [0.2, 0.25) is 0 Å². The third-order valence-corrected chi connectivity index (χ3v) is 4.47. The van der Waals surface area contributed by atoms with Crippen LogP contribution in [0.2, 0.25) is 0 Å². The Kier molecular flexibility index (Phi) is 5.11. The first-order chi connectivity index (χ1) is 7.86. The summed E-state index contributed by atoms with van der Waals surface area (Å²) in [5, 5.41) is 3.72. The molecule has 0 spiro atoms. The minimum atomic E-state index is 0.685. The van der Waals surface area contributed by atoms with Crippen LogP contribution in [0.3, 0.4) is 0 Å². The molecule has 2 fully saturated rings. The van der Waals surface area contributed by atoms with E-state index in [1.54, 1.807) is 0 Å². The molecule has 0 aromatic heterocycles. The summed E-state index contributed by atoms with van der Waals surface area (Å²) in [4.78, 5) is 0. The summed E-state index contributed by atoms with van der Waals surface area (Å²) >= 11 is 0. The first kappa shape index (κ1) is 12.4. The fourth-order valence-electron chi connectivity index (χ4n) is 3.20. The molecule has 2 aliphatic rings. The maximum Gasteiger partial charge on any atom is 0.0469 e. The molecule has 1 unspecified atom stereocenters. The predicted molar refractivity (Wildman–Crippen MR) is 67.6 cm³/mol. The Balaban J connectivity index is 1.57. The largest absolute Gasteiger partial charge is 0.381 e. The van der Waals surface area contributed by atoms with E-state index < -0.39 is 0 Å². The third-order valence-electron chi connectivity index (χ3n) is 4.47. The van der Waals surface area contributed by atoms with Gasteiger partial charge in [0.15, 0.2) is 0 Å². The van der Waals surface area contributed by atoms with Crippen molar-refractivity contribution in [3.8, 4) is 0 Å². The van der Waals surface area contributed by atoms with E-state index >= 15 is 0 Å². The van der Waals surface area contributed by atoms with Gasteiger partial charge in [0.25, 0.3) is 0 Å². The molecule has 0 amide bonds. The van der Waals surface area contributed by atoms with E-state index in [9.17, 15) is 0 Å². The quantitative estimate of drug-likeness (QED) is 0.776. The first-order valence-electron chi connectivity index (χ1n) is 7.17. The molecule has 1 heterocycles. The molecule has 94 valence electrons. The zero-order chi connectivity index (χ0) is 11.2. The molecule has 1 aliphatic carbocycles. The summed E-state index contributed by atoms with van der Waals surface area (Å²) in [7, 11) is 0. The van der Waals surface area contributed by atoms with E-state index in [4.69, 9.17) is 4.74 Å². The molecule has 2 heteroatoms. The monoisotopic (exact) mass is 225 g/mol. The van der Waals surface area contributed by atoms with Crippen LogP contribution in [0.15, 0.2) is 0 Å². The summed E-state index contributed by atoms with van der Waals surface area (Å²) in [5.74, 6) is 1.87. The van der Waals surface area contributed by atoms with Gasteiger partial charge < -0.3 is 10.1 Å². The van der Waals surface area contributed by atoms with Crippen LogP contribution in [0.4, 0.5) is 0 Å². The van der Waals surface area contributed by atoms with Gasteiger partial charge in [0.1, 0.15) is 0 Å². The Labute approximate surface area is 100 Å². The number of nitrogens with one attached hydrogen (secondary N) is 1. The van der Waals surface area contributed by atoms with Crippen LogP contribution in [0.1, 0.15) is 51.9 Å². The molecule has 2 rings (SSSR count). The molecule has 0 radical (unpaired) electrons. The normalized spacial score (nSPS) is 26.1. The summed E-state index contributed by atoms with van der Waals surface area (Å²) < 4.78 is 5.41. The number of hydrogen-bond acceptors (Lipinski definition) is 2. The maximum absolute atomic E-state index is 5.41. The summed E-state index contributed by atoms with van der Waals surface area (Å²) in [6.45, 7) is 5.52. The van der Waals surface area contributed by atoms with Crippen molar-refractivity contribution in [1.29, 1.82) is 0 Å². The first-order valence-corrected chi connectivity index (χ1v) is 7.17. The number of hydrogen-bond donors (Lipinski definition) is 1. The van der Waals surface area contributed by atoms with Crippen LogP contribution in [-0.4, -0.2) is 25.8 Å². The molecule has 2 nitrogen and oxygen atoms in total. The van der Waals surface area contributed by atoms with Gasteiger partial charge in [-0.15, -0.1) is 0 Å². The number of ether oxygens (including phenoxy) is 1. The van der Waals surface area contributed by atoms with E-state index in [2.05, 4.69) is 12.2 Å². The zero-order valence-corrected chi connectivity index (χ0v) is 10.7. The standard InChI is InChI=1S/C14H27NO/c1-12(14-7-10-16-11-8-14)15-9-6-13-4-2-3-5-13/h12-15H,2-11H2,1H3. The van der Waals surface area contributed by atoms with Gasteiger partial charge in [-0.3, -0.25) is 0 Å². The maximum atomic E-state index is 5.41. The van der Waals surface area contributed by atoms with Gasteiger partial charge in [-0.05, 0) is 44.6 Å². The average molecular weight is 225 g/mol. The second kappa shape index (κ2) is 6.61. The Morgan fingerprint density at radius 1 is 1.12 bits per heavy atom. The lowest BCUT2D eigenvalue weighted by Crippen LogP contribution is -2.37. The number of rotatable bonds is 5. The minimum Gasteiger partial charge on any atom is -0.381 e. The highest BCUT2D eigenvalue weighted by molar-refractivity contribution is 4.76. The van der Waals surface area contributed by atoms with Crippen molar-refractivity contribution in [2.75, 3.05) is 19.8 Å². The van der Waals surface area contributed by atoms with Gasteiger partial charge in [0.05, 0.1) is 0 Å². The molecule has 1 saturated carbocycles. The molecule has 16 heavy (non-hydrogen) atoms. The van der Waals surface area contributed by atoms with Crippen molar-refractivity contribution in [2.24, 2.45) is 11.8 Å². The molecule has 0 bridgehead atoms. The van der Waals surface area contributed by atoms with Crippen molar-refractivity contribution in [1.82, 2.24) is 5.32 Å². The highest BCUT2D eigenvalue weighted by Crippen LogP contribution is 2.27. The van der Waals surface area contributed by atoms with E-state index in [1.165, 1.54) is 51.5 Å². The SMILES string of the molecule is CC(NCCC1CCCC1)C1CCOCC1. The molecule has 1 aliphatic heterocycles. The Bertz CT molecular complexity index is 183. The van der Waals surface area contributed by atoms with Crippen LogP contribution in [0.5, 0.6) is 0 Å². The summed E-state index contributed by atoms with van der Waals surface area (Å²) in [6, 6.07) is 0.685. The Morgan fingerprint density at radius 3 is 2.50 bits per heavy atom. The second-order valence-corrected chi connectivity index (χ2v) is 5.63. The smallest absolute Gasteiger partial charge is 0.0469 e. The van der Waals surface area contributed by atoms with Gasteiger partial charge >= 0.3 is 0 Å².